The summed E-state index contributed by atoms with van der Waals surface area (Å²) in [5, 5.41) is 6.36. The lowest BCUT2D eigenvalue weighted by Crippen LogP contribution is -2.15. The number of rotatable bonds is 5. The topological polar surface area (TPSA) is 75.9 Å². The molecule has 2 rings (SSSR count). The molecule has 0 bridgehead atoms. The third kappa shape index (κ3) is 3.66. The van der Waals surface area contributed by atoms with E-state index < -0.39 is 0 Å². The molecule has 1 aromatic heterocycles. The smallest absolute Gasteiger partial charge is 0.229 e. The summed E-state index contributed by atoms with van der Waals surface area (Å²) in [7, 11) is 0. The lowest BCUT2D eigenvalue weighted by atomic mass is 10.2. The normalized spacial score (nSPS) is 10.3. The minimum Gasteiger partial charge on any atom is -0.368 e. The van der Waals surface area contributed by atoms with E-state index in [1.165, 1.54) is 5.56 Å². The largest absolute Gasteiger partial charge is 0.368 e. The third-order valence-corrected chi connectivity index (χ3v) is 2.72. The number of nitrogens with one attached hydrogen (secondary N) is 2. The van der Waals surface area contributed by atoms with Crippen molar-refractivity contribution in [1.29, 1.82) is 0 Å². The molecule has 0 aliphatic heterocycles. The predicted molar refractivity (Wildman–Crippen MR) is 78.8 cm³/mol. The standard InChI is InChI=1S/C14H19N5/c1-10-3-5-12(6-4-10)18-14-17-9-11(2)13(19-14)16-8-7-15/h3-6,9H,7-8,15H2,1-2H3,(H2,16,17,18,19). The van der Waals surface area contributed by atoms with Crippen LogP contribution in [0, 0.1) is 13.8 Å². The van der Waals surface area contributed by atoms with Gasteiger partial charge in [0.25, 0.3) is 0 Å². The Morgan fingerprint density at radius 2 is 1.89 bits per heavy atom. The number of aromatic nitrogens is 2. The molecule has 19 heavy (non-hydrogen) atoms. The maximum atomic E-state index is 5.48. The van der Waals surface area contributed by atoms with E-state index in [2.05, 4.69) is 27.5 Å². The van der Waals surface area contributed by atoms with Crippen LogP contribution in [0.5, 0.6) is 0 Å². The Morgan fingerprint density at radius 1 is 1.16 bits per heavy atom. The minimum atomic E-state index is 0.574. The molecule has 0 aliphatic rings. The summed E-state index contributed by atoms with van der Waals surface area (Å²) in [5.41, 5.74) is 8.68. The quantitative estimate of drug-likeness (QED) is 0.765. The minimum absolute atomic E-state index is 0.574. The van der Waals surface area contributed by atoms with Crippen LogP contribution in [0.4, 0.5) is 17.5 Å². The lowest BCUT2D eigenvalue weighted by Gasteiger charge is -2.10. The molecule has 0 unspecified atom stereocenters. The average Bonchev–Trinajstić information content (AvgIpc) is 2.42. The van der Waals surface area contributed by atoms with Crippen molar-refractivity contribution in [3.05, 3.63) is 41.6 Å². The zero-order valence-corrected chi connectivity index (χ0v) is 11.3. The fraction of sp³-hybridized carbons (Fsp3) is 0.286. The van der Waals surface area contributed by atoms with Crippen LogP contribution in [0.3, 0.4) is 0 Å². The maximum absolute atomic E-state index is 5.48. The molecular weight excluding hydrogens is 238 g/mol. The molecule has 0 radical (unpaired) electrons. The lowest BCUT2D eigenvalue weighted by molar-refractivity contribution is 0.998. The molecule has 0 saturated carbocycles. The summed E-state index contributed by atoms with van der Waals surface area (Å²) < 4.78 is 0. The number of nitrogens with zero attached hydrogens (tertiary/aromatic N) is 2. The number of hydrogen-bond acceptors (Lipinski definition) is 5. The summed E-state index contributed by atoms with van der Waals surface area (Å²) in [4.78, 5) is 8.71. The Hall–Kier alpha value is -2.14. The van der Waals surface area contributed by atoms with Gasteiger partial charge in [0.1, 0.15) is 5.82 Å². The average molecular weight is 257 g/mol. The first kappa shape index (κ1) is 13.3. The highest BCUT2D eigenvalue weighted by molar-refractivity contribution is 5.56. The van der Waals surface area contributed by atoms with Crippen molar-refractivity contribution < 1.29 is 0 Å². The van der Waals surface area contributed by atoms with Gasteiger partial charge in [0.05, 0.1) is 0 Å². The molecule has 0 amide bonds. The van der Waals surface area contributed by atoms with Gasteiger partial charge in [-0.05, 0) is 26.0 Å². The van der Waals surface area contributed by atoms with Crippen LogP contribution in [0.1, 0.15) is 11.1 Å². The Bertz CT molecular complexity index is 536. The van der Waals surface area contributed by atoms with Gasteiger partial charge in [-0.1, -0.05) is 17.7 Å². The second-order valence-electron chi connectivity index (χ2n) is 4.43. The van der Waals surface area contributed by atoms with Gasteiger partial charge in [0.15, 0.2) is 0 Å². The van der Waals surface area contributed by atoms with E-state index >= 15 is 0 Å². The number of aryl methyl sites for hydroxylation is 2. The maximum Gasteiger partial charge on any atom is 0.229 e. The first-order chi connectivity index (χ1) is 9.19. The van der Waals surface area contributed by atoms with E-state index in [0.29, 0.717) is 19.0 Å². The number of benzene rings is 1. The van der Waals surface area contributed by atoms with Gasteiger partial charge in [0, 0.05) is 30.5 Å². The summed E-state index contributed by atoms with van der Waals surface area (Å²) >= 11 is 0. The van der Waals surface area contributed by atoms with Crippen molar-refractivity contribution in [3.63, 3.8) is 0 Å². The zero-order valence-electron chi connectivity index (χ0n) is 11.3. The van der Waals surface area contributed by atoms with E-state index in [4.69, 9.17) is 5.73 Å². The monoisotopic (exact) mass is 257 g/mol. The fourth-order valence-corrected chi connectivity index (χ4v) is 1.64. The Labute approximate surface area is 113 Å². The highest BCUT2D eigenvalue weighted by Gasteiger charge is 2.03. The SMILES string of the molecule is Cc1ccc(Nc2ncc(C)c(NCCN)n2)cc1. The number of nitrogens with two attached hydrogens (primary N) is 1. The van der Waals surface area contributed by atoms with Gasteiger partial charge in [0.2, 0.25) is 5.95 Å². The van der Waals surface area contributed by atoms with Gasteiger partial charge in [-0.25, -0.2) is 4.98 Å². The highest BCUT2D eigenvalue weighted by Crippen LogP contribution is 2.17. The van der Waals surface area contributed by atoms with E-state index in [0.717, 1.165) is 17.1 Å². The number of hydrogen-bond donors (Lipinski definition) is 3. The molecule has 1 heterocycles. The molecule has 0 fully saturated rings. The Balaban J connectivity index is 2.14. The van der Waals surface area contributed by atoms with E-state index in [1.54, 1.807) is 6.20 Å². The summed E-state index contributed by atoms with van der Waals surface area (Å²) in [6.07, 6.45) is 1.79. The van der Waals surface area contributed by atoms with Crippen molar-refractivity contribution >= 4 is 17.5 Å². The van der Waals surface area contributed by atoms with Gasteiger partial charge in [-0.2, -0.15) is 4.98 Å². The van der Waals surface area contributed by atoms with E-state index in [1.807, 2.05) is 31.2 Å². The molecule has 5 heteroatoms. The van der Waals surface area contributed by atoms with Crippen LogP contribution in [-0.4, -0.2) is 23.1 Å². The third-order valence-electron chi connectivity index (χ3n) is 2.72. The van der Waals surface area contributed by atoms with Gasteiger partial charge in [-0.15, -0.1) is 0 Å². The predicted octanol–water partition coefficient (Wildman–Crippen LogP) is 2.21. The van der Waals surface area contributed by atoms with Crippen LogP contribution < -0.4 is 16.4 Å². The van der Waals surface area contributed by atoms with Crippen LogP contribution in [0.2, 0.25) is 0 Å². The van der Waals surface area contributed by atoms with Crippen molar-refractivity contribution in [1.82, 2.24) is 9.97 Å². The van der Waals surface area contributed by atoms with Gasteiger partial charge >= 0.3 is 0 Å². The van der Waals surface area contributed by atoms with Crippen molar-refractivity contribution in [3.8, 4) is 0 Å². The molecule has 0 atom stereocenters. The second kappa shape index (κ2) is 6.15. The highest BCUT2D eigenvalue weighted by atomic mass is 15.1. The fourth-order valence-electron chi connectivity index (χ4n) is 1.64. The molecule has 1 aromatic carbocycles. The van der Waals surface area contributed by atoms with Gasteiger partial charge in [-0.3, -0.25) is 0 Å². The summed E-state index contributed by atoms with van der Waals surface area (Å²) in [5.74, 6) is 1.39. The molecular formula is C14H19N5. The Morgan fingerprint density at radius 3 is 2.58 bits per heavy atom. The molecule has 0 spiro atoms. The summed E-state index contributed by atoms with van der Waals surface area (Å²) in [6, 6.07) is 8.10. The molecule has 5 nitrogen and oxygen atoms in total. The number of anilines is 3. The van der Waals surface area contributed by atoms with Crippen molar-refractivity contribution in [2.45, 2.75) is 13.8 Å². The van der Waals surface area contributed by atoms with Gasteiger partial charge < -0.3 is 16.4 Å². The summed E-state index contributed by atoms with van der Waals surface area (Å²) in [6.45, 7) is 5.29. The first-order valence-electron chi connectivity index (χ1n) is 6.30. The van der Waals surface area contributed by atoms with Crippen LogP contribution in [0.15, 0.2) is 30.5 Å². The van der Waals surface area contributed by atoms with Crippen molar-refractivity contribution in [2.75, 3.05) is 23.7 Å². The molecule has 4 N–H and O–H groups in total. The van der Waals surface area contributed by atoms with E-state index in [9.17, 15) is 0 Å². The van der Waals surface area contributed by atoms with Crippen LogP contribution >= 0.6 is 0 Å². The zero-order chi connectivity index (χ0) is 13.7. The molecule has 0 saturated heterocycles. The van der Waals surface area contributed by atoms with Crippen LogP contribution in [0.25, 0.3) is 0 Å². The molecule has 100 valence electrons. The molecule has 2 aromatic rings. The Kier molecular flexibility index (Phi) is 4.30. The van der Waals surface area contributed by atoms with E-state index in [-0.39, 0.29) is 0 Å². The van der Waals surface area contributed by atoms with Crippen LogP contribution in [-0.2, 0) is 0 Å². The second-order valence-corrected chi connectivity index (χ2v) is 4.43. The molecule has 0 aliphatic carbocycles. The van der Waals surface area contributed by atoms with Crippen molar-refractivity contribution in [2.24, 2.45) is 5.73 Å². The first-order valence-corrected chi connectivity index (χ1v) is 6.30.